The molecule has 0 atom stereocenters. The zero-order valence-corrected chi connectivity index (χ0v) is 15.3. The van der Waals surface area contributed by atoms with Crippen molar-refractivity contribution >= 4 is 28.1 Å². The molecule has 26 heavy (non-hydrogen) atoms. The van der Waals surface area contributed by atoms with Gasteiger partial charge in [-0.05, 0) is 28.1 Å². The average molecular weight is 415 g/mol. The van der Waals surface area contributed by atoms with Gasteiger partial charge in [0.1, 0.15) is 0 Å². The number of ether oxygens (including phenoxy) is 1. The minimum atomic E-state index is -0.292. The van der Waals surface area contributed by atoms with Crippen molar-refractivity contribution in [2.24, 2.45) is 5.10 Å². The van der Waals surface area contributed by atoms with Gasteiger partial charge in [0.2, 0.25) is 5.95 Å². The minimum Gasteiger partial charge on any atom is -0.503 e. The molecule has 0 bridgehead atoms. The van der Waals surface area contributed by atoms with Crippen LogP contribution in [0.1, 0.15) is 5.56 Å². The summed E-state index contributed by atoms with van der Waals surface area (Å²) in [6.07, 6.45) is 1.48. The number of aromatic nitrogens is 2. The Morgan fingerprint density at radius 1 is 1.27 bits per heavy atom. The second-order valence-corrected chi connectivity index (χ2v) is 6.03. The molecule has 3 N–H and O–H groups in total. The molecule has 0 unspecified atom stereocenters. The Kier molecular flexibility index (Phi) is 5.33. The van der Waals surface area contributed by atoms with E-state index in [1.54, 1.807) is 12.1 Å². The fourth-order valence-electron chi connectivity index (χ4n) is 2.26. The van der Waals surface area contributed by atoms with Gasteiger partial charge in [0.25, 0.3) is 5.56 Å². The van der Waals surface area contributed by atoms with E-state index in [0.717, 1.165) is 5.56 Å². The molecule has 3 aromatic rings. The number of nitrogens with zero attached hydrogens (tertiary/aromatic N) is 2. The number of nitrogens with one attached hydrogen (secondary N) is 2. The number of aromatic amines is 1. The van der Waals surface area contributed by atoms with E-state index in [1.165, 1.54) is 19.4 Å². The third-order valence-electron chi connectivity index (χ3n) is 3.51. The molecule has 0 saturated heterocycles. The second-order valence-electron chi connectivity index (χ2n) is 5.23. The highest BCUT2D eigenvalue weighted by molar-refractivity contribution is 9.10. The number of hydrazone groups is 1. The zero-order valence-electron chi connectivity index (χ0n) is 13.7. The first-order valence-electron chi connectivity index (χ1n) is 7.60. The van der Waals surface area contributed by atoms with Crippen LogP contribution in [0.3, 0.4) is 0 Å². The highest BCUT2D eigenvalue weighted by Gasteiger charge is 2.09. The van der Waals surface area contributed by atoms with Gasteiger partial charge < -0.3 is 9.84 Å². The van der Waals surface area contributed by atoms with Crippen LogP contribution >= 0.6 is 15.9 Å². The van der Waals surface area contributed by atoms with E-state index >= 15 is 0 Å². The molecule has 0 aliphatic heterocycles. The molecular formula is C18H15BrN4O3. The van der Waals surface area contributed by atoms with Crippen molar-refractivity contribution in [3.05, 3.63) is 68.9 Å². The molecule has 132 valence electrons. The lowest BCUT2D eigenvalue weighted by Crippen LogP contribution is -2.10. The smallest absolute Gasteiger partial charge is 0.252 e. The van der Waals surface area contributed by atoms with Crippen LogP contribution < -0.4 is 15.7 Å². The SMILES string of the molecule is COc1ccc(/C=N/Nc2nc(-c3ccccc3)cc(=O)[nH]2)c(Br)c1O. The molecule has 0 saturated carbocycles. The van der Waals surface area contributed by atoms with E-state index in [4.69, 9.17) is 4.74 Å². The number of aromatic hydroxyl groups is 1. The molecule has 0 amide bonds. The van der Waals surface area contributed by atoms with E-state index in [0.29, 0.717) is 21.5 Å². The lowest BCUT2D eigenvalue weighted by atomic mass is 10.1. The van der Waals surface area contributed by atoms with Gasteiger partial charge in [-0.25, -0.2) is 10.4 Å². The quantitative estimate of drug-likeness (QED) is 0.439. The third-order valence-corrected chi connectivity index (χ3v) is 4.35. The van der Waals surface area contributed by atoms with Crippen molar-refractivity contribution in [3.63, 3.8) is 0 Å². The first kappa shape index (κ1) is 17.7. The standard InChI is InChI=1S/C18H15BrN4O3/c1-26-14-8-7-12(16(19)17(14)25)10-20-23-18-21-13(9-15(24)22-18)11-5-3-2-4-6-11/h2-10,25H,1H3,(H2,21,22,23,24)/b20-10+. The van der Waals surface area contributed by atoms with Gasteiger partial charge in [-0.1, -0.05) is 30.3 Å². The number of hydrogen-bond donors (Lipinski definition) is 3. The summed E-state index contributed by atoms with van der Waals surface area (Å²) in [5.41, 5.74) is 4.38. The number of benzene rings is 2. The predicted octanol–water partition coefficient (Wildman–Crippen LogP) is 3.36. The fraction of sp³-hybridized carbons (Fsp3) is 0.0556. The molecule has 0 spiro atoms. The highest BCUT2D eigenvalue weighted by atomic mass is 79.9. The maximum absolute atomic E-state index is 11.8. The molecule has 0 radical (unpaired) electrons. The Bertz CT molecular complexity index is 1000. The van der Waals surface area contributed by atoms with E-state index in [-0.39, 0.29) is 17.3 Å². The Hall–Kier alpha value is -3.13. The summed E-state index contributed by atoms with van der Waals surface area (Å²) in [7, 11) is 1.47. The fourth-order valence-corrected chi connectivity index (χ4v) is 2.69. The highest BCUT2D eigenvalue weighted by Crippen LogP contribution is 2.35. The summed E-state index contributed by atoms with van der Waals surface area (Å²) in [6.45, 7) is 0. The minimum absolute atomic E-state index is 0.0194. The van der Waals surface area contributed by atoms with Crippen LogP contribution in [0, 0.1) is 0 Å². The summed E-state index contributed by atoms with van der Waals surface area (Å²) < 4.78 is 5.48. The second kappa shape index (κ2) is 7.83. The van der Waals surface area contributed by atoms with Gasteiger partial charge in [-0.2, -0.15) is 5.10 Å². The molecule has 7 nitrogen and oxygen atoms in total. The number of hydrogen-bond acceptors (Lipinski definition) is 6. The maximum atomic E-state index is 11.8. The van der Waals surface area contributed by atoms with E-state index < -0.39 is 0 Å². The van der Waals surface area contributed by atoms with Crippen LogP contribution in [-0.4, -0.2) is 28.4 Å². The van der Waals surface area contributed by atoms with E-state index in [9.17, 15) is 9.90 Å². The Balaban J connectivity index is 1.82. The van der Waals surface area contributed by atoms with Crippen LogP contribution in [0.15, 0.2) is 62.9 Å². The number of phenolic OH excluding ortho intramolecular Hbond substituents is 1. The van der Waals surface area contributed by atoms with Crippen molar-refractivity contribution in [2.45, 2.75) is 0 Å². The molecule has 1 aromatic heterocycles. The lowest BCUT2D eigenvalue weighted by Gasteiger charge is -2.07. The molecule has 2 aromatic carbocycles. The largest absolute Gasteiger partial charge is 0.503 e. The predicted molar refractivity (Wildman–Crippen MR) is 104 cm³/mol. The van der Waals surface area contributed by atoms with Gasteiger partial charge in [0.05, 0.1) is 23.5 Å². The van der Waals surface area contributed by atoms with Crippen molar-refractivity contribution < 1.29 is 9.84 Å². The number of anilines is 1. The molecule has 1 heterocycles. The van der Waals surface area contributed by atoms with E-state index in [2.05, 4.69) is 36.4 Å². The van der Waals surface area contributed by atoms with Crippen LogP contribution in [0.2, 0.25) is 0 Å². The molecule has 0 fully saturated rings. The molecule has 0 aliphatic rings. The molecule has 3 rings (SSSR count). The monoisotopic (exact) mass is 414 g/mol. The van der Waals surface area contributed by atoms with Gasteiger partial charge in [0, 0.05) is 17.2 Å². The zero-order chi connectivity index (χ0) is 18.5. The number of rotatable bonds is 5. The number of phenols is 1. The number of halogens is 1. The van der Waals surface area contributed by atoms with Gasteiger partial charge in [-0.3, -0.25) is 9.78 Å². The first-order chi connectivity index (χ1) is 12.6. The molecule has 8 heteroatoms. The third kappa shape index (κ3) is 3.92. The summed E-state index contributed by atoms with van der Waals surface area (Å²) in [5.74, 6) is 0.541. The number of methoxy groups -OCH3 is 1. The number of H-pyrrole nitrogens is 1. The summed E-state index contributed by atoms with van der Waals surface area (Å²) in [5, 5.41) is 14.0. The van der Waals surface area contributed by atoms with Crippen LogP contribution in [-0.2, 0) is 0 Å². The first-order valence-corrected chi connectivity index (χ1v) is 8.39. The lowest BCUT2D eigenvalue weighted by molar-refractivity contribution is 0.372. The molecular weight excluding hydrogens is 400 g/mol. The van der Waals surface area contributed by atoms with Crippen molar-refractivity contribution in [3.8, 4) is 22.8 Å². The average Bonchev–Trinajstić information content (AvgIpc) is 2.65. The Morgan fingerprint density at radius 2 is 2.04 bits per heavy atom. The van der Waals surface area contributed by atoms with Gasteiger partial charge >= 0.3 is 0 Å². The van der Waals surface area contributed by atoms with Gasteiger partial charge in [-0.15, -0.1) is 0 Å². The summed E-state index contributed by atoms with van der Waals surface area (Å²) in [4.78, 5) is 18.8. The summed E-state index contributed by atoms with van der Waals surface area (Å²) >= 11 is 3.29. The normalized spacial score (nSPS) is 10.8. The van der Waals surface area contributed by atoms with Crippen molar-refractivity contribution in [1.82, 2.24) is 9.97 Å². The van der Waals surface area contributed by atoms with Crippen LogP contribution in [0.5, 0.6) is 11.5 Å². The van der Waals surface area contributed by atoms with E-state index in [1.807, 2.05) is 30.3 Å². The van der Waals surface area contributed by atoms with Gasteiger partial charge in [0.15, 0.2) is 11.5 Å². The Morgan fingerprint density at radius 3 is 2.77 bits per heavy atom. The molecule has 0 aliphatic carbocycles. The Labute approximate surface area is 157 Å². The maximum Gasteiger partial charge on any atom is 0.252 e. The van der Waals surface area contributed by atoms with Crippen LogP contribution in [0.4, 0.5) is 5.95 Å². The van der Waals surface area contributed by atoms with Crippen LogP contribution in [0.25, 0.3) is 11.3 Å². The summed E-state index contributed by atoms with van der Waals surface area (Å²) in [6, 6.07) is 14.1. The van der Waals surface area contributed by atoms with Crippen molar-refractivity contribution in [1.29, 1.82) is 0 Å². The van der Waals surface area contributed by atoms with Crippen molar-refractivity contribution in [2.75, 3.05) is 12.5 Å². The topological polar surface area (TPSA) is 99.6 Å².